The highest BCUT2D eigenvalue weighted by atomic mass is 16.6. The summed E-state index contributed by atoms with van der Waals surface area (Å²) in [5.74, 6) is 0.198. The summed E-state index contributed by atoms with van der Waals surface area (Å²) in [7, 11) is 0. The molecule has 2 aromatic rings. The first-order chi connectivity index (χ1) is 10.9. The van der Waals surface area contributed by atoms with Crippen molar-refractivity contribution in [3.63, 3.8) is 0 Å². The third-order valence-electron chi connectivity index (χ3n) is 3.21. The second-order valence-electron chi connectivity index (χ2n) is 5.25. The standard InChI is InChI=1S/C17H17NO5/c1-11-7-12(2)17(13(3)8-11)23-16(19)10-22-15-6-4-5-14(9-15)18(20)21/h4-9H,10H2,1-3H3. The van der Waals surface area contributed by atoms with E-state index in [1.54, 1.807) is 6.07 Å². The Labute approximate surface area is 133 Å². The Hall–Kier alpha value is -2.89. The number of nitro benzene ring substituents is 1. The minimum Gasteiger partial charge on any atom is -0.482 e. The molecule has 23 heavy (non-hydrogen) atoms. The zero-order chi connectivity index (χ0) is 17.0. The minimum absolute atomic E-state index is 0.0962. The number of nitrogens with zero attached hydrogens (tertiary/aromatic N) is 1. The average Bonchev–Trinajstić information content (AvgIpc) is 2.49. The van der Waals surface area contributed by atoms with E-state index in [-0.39, 0.29) is 18.0 Å². The van der Waals surface area contributed by atoms with Crippen LogP contribution in [0.15, 0.2) is 36.4 Å². The molecule has 0 atom stereocenters. The molecule has 6 nitrogen and oxygen atoms in total. The molecule has 2 rings (SSSR count). The molecule has 0 saturated carbocycles. The van der Waals surface area contributed by atoms with Gasteiger partial charge >= 0.3 is 5.97 Å². The van der Waals surface area contributed by atoms with Gasteiger partial charge in [-0.15, -0.1) is 0 Å². The van der Waals surface area contributed by atoms with Crippen LogP contribution in [-0.2, 0) is 4.79 Å². The van der Waals surface area contributed by atoms with Crippen molar-refractivity contribution in [3.8, 4) is 11.5 Å². The van der Waals surface area contributed by atoms with Crippen LogP contribution in [0.2, 0.25) is 0 Å². The number of esters is 1. The monoisotopic (exact) mass is 315 g/mol. The largest absolute Gasteiger partial charge is 0.482 e. The minimum atomic E-state index is -0.563. The number of rotatable bonds is 5. The highest BCUT2D eigenvalue weighted by Gasteiger charge is 2.12. The highest BCUT2D eigenvalue weighted by Crippen LogP contribution is 2.25. The number of hydrogen-bond donors (Lipinski definition) is 0. The van der Waals surface area contributed by atoms with E-state index < -0.39 is 10.9 Å². The number of ether oxygens (including phenoxy) is 2. The van der Waals surface area contributed by atoms with Crippen LogP contribution in [0.3, 0.4) is 0 Å². The molecule has 0 amide bonds. The van der Waals surface area contributed by atoms with Gasteiger partial charge in [0, 0.05) is 6.07 Å². The van der Waals surface area contributed by atoms with Crippen LogP contribution in [0.1, 0.15) is 16.7 Å². The van der Waals surface area contributed by atoms with Crippen molar-refractivity contribution in [1.29, 1.82) is 0 Å². The van der Waals surface area contributed by atoms with Gasteiger partial charge in [0.05, 0.1) is 11.0 Å². The van der Waals surface area contributed by atoms with Gasteiger partial charge in [0.1, 0.15) is 11.5 Å². The Morgan fingerprint density at radius 3 is 2.39 bits per heavy atom. The van der Waals surface area contributed by atoms with Crippen molar-refractivity contribution in [1.82, 2.24) is 0 Å². The summed E-state index contributed by atoms with van der Waals surface area (Å²) >= 11 is 0. The third-order valence-corrected chi connectivity index (χ3v) is 3.21. The van der Waals surface area contributed by atoms with E-state index >= 15 is 0 Å². The molecule has 0 radical (unpaired) electrons. The maximum atomic E-state index is 11.9. The van der Waals surface area contributed by atoms with Crippen LogP contribution >= 0.6 is 0 Å². The SMILES string of the molecule is Cc1cc(C)c(OC(=O)COc2cccc([N+](=O)[O-])c2)c(C)c1. The van der Waals surface area contributed by atoms with Gasteiger partial charge in [-0.25, -0.2) is 4.79 Å². The van der Waals surface area contributed by atoms with Crippen LogP contribution in [0.5, 0.6) is 11.5 Å². The molecule has 0 aromatic heterocycles. The van der Waals surface area contributed by atoms with Gasteiger partial charge in [0.25, 0.3) is 5.69 Å². The number of nitro groups is 1. The van der Waals surface area contributed by atoms with E-state index in [1.807, 2.05) is 32.9 Å². The summed E-state index contributed by atoms with van der Waals surface area (Å²) in [4.78, 5) is 22.1. The summed E-state index contributed by atoms with van der Waals surface area (Å²) in [6.45, 7) is 5.37. The fourth-order valence-corrected chi connectivity index (χ4v) is 2.30. The molecule has 0 unspecified atom stereocenters. The van der Waals surface area contributed by atoms with Crippen molar-refractivity contribution >= 4 is 11.7 Å². The number of carbonyl (C=O) groups excluding carboxylic acids is 1. The van der Waals surface area contributed by atoms with E-state index in [0.717, 1.165) is 16.7 Å². The molecule has 0 N–H and O–H groups in total. The van der Waals surface area contributed by atoms with E-state index in [2.05, 4.69) is 0 Å². The fourth-order valence-electron chi connectivity index (χ4n) is 2.30. The molecule has 0 aliphatic heterocycles. The summed E-state index contributed by atoms with van der Waals surface area (Å²) < 4.78 is 10.6. The lowest BCUT2D eigenvalue weighted by molar-refractivity contribution is -0.384. The number of benzene rings is 2. The molecular formula is C17H17NO5. The van der Waals surface area contributed by atoms with E-state index in [0.29, 0.717) is 5.75 Å². The lowest BCUT2D eigenvalue weighted by atomic mass is 10.1. The maximum Gasteiger partial charge on any atom is 0.349 e. The van der Waals surface area contributed by atoms with E-state index in [9.17, 15) is 14.9 Å². The summed E-state index contributed by atoms with van der Waals surface area (Å²) in [5.41, 5.74) is 2.73. The third kappa shape index (κ3) is 4.29. The van der Waals surface area contributed by atoms with Gasteiger partial charge in [-0.05, 0) is 38.0 Å². The number of hydrogen-bond acceptors (Lipinski definition) is 5. The Bertz CT molecular complexity index is 731. The lowest BCUT2D eigenvalue weighted by Gasteiger charge is -2.12. The summed E-state index contributed by atoms with van der Waals surface area (Å²) in [5, 5.41) is 10.7. The van der Waals surface area contributed by atoms with Crippen LogP contribution in [0.25, 0.3) is 0 Å². The quantitative estimate of drug-likeness (QED) is 0.365. The molecule has 0 saturated heterocycles. The highest BCUT2D eigenvalue weighted by molar-refractivity contribution is 5.75. The van der Waals surface area contributed by atoms with Crippen molar-refractivity contribution in [3.05, 3.63) is 63.2 Å². The molecule has 120 valence electrons. The molecule has 0 bridgehead atoms. The second kappa shape index (κ2) is 6.91. The molecule has 0 aliphatic carbocycles. The van der Waals surface area contributed by atoms with E-state index in [1.165, 1.54) is 18.2 Å². The normalized spacial score (nSPS) is 10.2. The lowest BCUT2D eigenvalue weighted by Crippen LogP contribution is -2.18. The topological polar surface area (TPSA) is 78.7 Å². The maximum absolute atomic E-state index is 11.9. The van der Waals surface area contributed by atoms with E-state index in [4.69, 9.17) is 9.47 Å². The molecule has 0 heterocycles. The predicted octanol–water partition coefficient (Wildman–Crippen LogP) is 3.50. The van der Waals surface area contributed by atoms with Crippen LogP contribution < -0.4 is 9.47 Å². The summed E-state index contributed by atoms with van der Waals surface area (Å²) in [6.07, 6.45) is 0. The fraction of sp³-hybridized carbons (Fsp3) is 0.235. The zero-order valence-electron chi connectivity index (χ0n) is 13.2. The van der Waals surface area contributed by atoms with Crippen molar-refractivity contribution < 1.29 is 19.2 Å². The van der Waals surface area contributed by atoms with Gasteiger partial charge in [-0.1, -0.05) is 23.8 Å². The first-order valence-corrected chi connectivity index (χ1v) is 7.02. The van der Waals surface area contributed by atoms with Crippen LogP contribution in [0, 0.1) is 30.9 Å². The number of carbonyl (C=O) groups is 1. The Kier molecular flexibility index (Phi) is 4.95. The van der Waals surface area contributed by atoms with Crippen molar-refractivity contribution in [2.45, 2.75) is 20.8 Å². The van der Waals surface area contributed by atoms with Gasteiger partial charge in [-0.2, -0.15) is 0 Å². The molecule has 0 spiro atoms. The van der Waals surface area contributed by atoms with Crippen LogP contribution in [-0.4, -0.2) is 17.5 Å². The van der Waals surface area contributed by atoms with Gasteiger partial charge in [0.2, 0.25) is 0 Å². The predicted molar refractivity (Wildman–Crippen MR) is 84.9 cm³/mol. The van der Waals surface area contributed by atoms with Gasteiger partial charge in [-0.3, -0.25) is 10.1 Å². The molecule has 0 fully saturated rings. The van der Waals surface area contributed by atoms with Crippen LogP contribution in [0.4, 0.5) is 5.69 Å². The molecule has 2 aromatic carbocycles. The first-order valence-electron chi connectivity index (χ1n) is 7.02. The average molecular weight is 315 g/mol. The molecular weight excluding hydrogens is 298 g/mol. The van der Waals surface area contributed by atoms with Crippen molar-refractivity contribution in [2.24, 2.45) is 0 Å². The van der Waals surface area contributed by atoms with Gasteiger partial charge in [0.15, 0.2) is 6.61 Å². The second-order valence-corrected chi connectivity index (χ2v) is 5.25. The number of aryl methyl sites for hydroxylation is 3. The Morgan fingerprint density at radius 1 is 1.13 bits per heavy atom. The zero-order valence-corrected chi connectivity index (χ0v) is 13.2. The first kappa shape index (κ1) is 16.5. The smallest absolute Gasteiger partial charge is 0.349 e. The molecule has 0 aliphatic rings. The van der Waals surface area contributed by atoms with Crippen molar-refractivity contribution in [2.75, 3.05) is 6.61 Å². The number of non-ortho nitro benzene ring substituents is 1. The van der Waals surface area contributed by atoms with Gasteiger partial charge < -0.3 is 9.47 Å². The Balaban J connectivity index is 2.01. The summed E-state index contributed by atoms with van der Waals surface area (Å²) in [6, 6.07) is 9.50. The molecule has 6 heteroatoms. The Morgan fingerprint density at radius 2 is 1.78 bits per heavy atom.